The van der Waals surface area contributed by atoms with Crippen molar-refractivity contribution in [2.75, 3.05) is 6.67 Å². The summed E-state index contributed by atoms with van der Waals surface area (Å²) < 4.78 is 12.3. The molecule has 4 heteroatoms. The van der Waals surface area contributed by atoms with Gasteiger partial charge in [0.2, 0.25) is 0 Å². The van der Waals surface area contributed by atoms with Crippen LogP contribution in [-0.2, 0) is 4.79 Å². The Bertz CT molecular complexity index is 314. The molecule has 1 N–H and O–H groups in total. The van der Waals surface area contributed by atoms with Crippen LogP contribution in [0.5, 0.6) is 0 Å². The molecule has 0 spiro atoms. The number of alkyl halides is 1. The Morgan fingerprint density at radius 3 is 2.62 bits per heavy atom. The molecule has 0 amide bonds. The van der Waals surface area contributed by atoms with E-state index in [1.54, 1.807) is 18.2 Å². The van der Waals surface area contributed by atoms with Gasteiger partial charge in [-0.05, 0) is 11.6 Å². The summed E-state index contributed by atoms with van der Waals surface area (Å²) in [6, 6.07) is 6.36. The van der Waals surface area contributed by atoms with Crippen LogP contribution in [-0.4, -0.2) is 17.8 Å². The largest absolute Gasteiger partial charge is 0.481 e. The zero-order valence-corrected chi connectivity index (χ0v) is 7.46. The van der Waals surface area contributed by atoms with Gasteiger partial charge in [-0.2, -0.15) is 0 Å². The SMILES string of the molecule is O=C(O)C(CF)c1ccccc1Cl. The van der Waals surface area contributed by atoms with Crippen LogP contribution in [0.3, 0.4) is 0 Å². The van der Waals surface area contributed by atoms with Gasteiger partial charge in [0, 0.05) is 5.02 Å². The van der Waals surface area contributed by atoms with Crippen molar-refractivity contribution in [3.63, 3.8) is 0 Å². The van der Waals surface area contributed by atoms with Crippen molar-refractivity contribution >= 4 is 17.6 Å². The third-order valence-electron chi connectivity index (χ3n) is 1.73. The number of hydrogen-bond acceptors (Lipinski definition) is 1. The molecule has 0 saturated heterocycles. The van der Waals surface area contributed by atoms with Gasteiger partial charge in [-0.3, -0.25) is 4.79 Å². The summed E-state index contributed by atoms with van der Waals surface area (Å²) in [6.45, 7) is -0.945. The molecule has 0 radical (unpaired) electrons. The Kier molecular flexibility index (Phi) is 3.25. The maximum atomic E-state index is 12.3. The van der Waals surface area contributed by atoms with E-state index in [4.69, 9.17) is 16.7 Å². The molecule has 0 aliphatic rings. The molecule has 1 atom stereocenters. The first-order chi connectivity index (χ1) is 6.16. The van der Waals surface area contributed by atoms with Crippen molar-refractivity contribution in [1.82, 2.24) is 0 Å². The Labute approximate surface area is 80.0 Å². The van der Waals surface area contributed by atoms with Crippen LogP contribution in [0, 0.1) is 0 Å². The first kappa shape index (κ1) is 9.99. The number of carboxylic acids is 1. The van der Waals surface area contributed by atoms with Gasteiger partial charge in [0.15, 0.2) is 0 Å². The van der Waals surface area contributed by atoms with Crippen molar-refractivity contribution in [2.24, 2.45) is 0 Å². The maximum Gasteiger partial charge on any atom is 0.313 e. The molecule has 0 bridgehead atoms. The third kappa shape index (κ3) is 2.18. The summed E-state index contributed by atoms with van der Waals surface area (Å²) >= 11 is 5.71. The summed E-state index contributed by atoms with van der Waals surface area (Å²) in [7, 11) is 0. The van der Waals surface area contributed by atoms with Crippen LogP contribution in [0.2, 0.25) is 5.02 Å². The highest BCUT2D eigenvalue weighted by molar-refractivity contribution is 6.31. The van der Waals surface area contributed by atoms with Gasteiger partial charge in [0.1, 0.15) is 12.6 Å². The van der Waals surface area contributed by atoms with E-state index < -0.39 is 18.6 Å². The maximum absolute atomic E-state index is 12.3. The molecule has 2 nitrogen and oxygen atoms in total. The molecule has 0 fully saturated rings. The quantitative estimate of drug-likeness (QED) is 0.818. The van der Waals surface area contributed by atoms with E-state index in [2.05, 4.69) is 0 Å². The molecule has 1 aromatic carbocycles. The normalized spacial score (nSPS) is 12.5. The highest BCUT2D eigenvalue weighted by atomic mass is 35.5. The summed E-state index contributed by atoms with van der Waals surface area (Å²) in [6.07, 6.45) is 0. The smallest absolute Gasteiger partial charge is 0.313 e. The van der Waals surface area contributed by atoms with Crippen molar-refractivity contribution < 1.29 is 14.3 Å². The second-order valence-corrected chi connectivity index (χ2v) is 2.97. The highest BCUT2D eigenvalue weighted by Gasteiger charge is 2.21. The Morgan fingerprint density at radius 1 is 1.54 bits per heavy atom. The van der Waals surface area contributed by atoms with Gasteiger partial charge in [-0.15, -0.1) is 0 Å². The summed E-state index contributed by atoms with van der Waals surface area (Å²) in [5, 5.41) is 8.94. The summed E-state index contributed by atoms with van der Waals surface area (Å²) in [4.78, 5) is 10.6. The van der Waals surface area contributed by atoms with Crippen molar-refractivity contribution in [2.45, 2.75) is 5.92 Å². The van der Waals surface area contributed by atoms with E-state index in [1.807, 2.05) is 0 Å². The molecule has 1 unspecified atom stereocenters. The minimum atomic E-state index is -1.20. The lowest BCUT2D eigenvalue weighted by Crippen LogP contribution is -2.13. The van der Waals surface area contributed by atoms with Gasteiger partial charge in [0.05, 0.1) is 0 Å². The first-order valence-corrected chi connectivity index (χ1v) is 4.07. The number of hydrogen-bond donors (Lipinski definition) is 1. The van der Waals surface area contributed by atoms with E-state index in [-0.39, 0.29) is 5.02 Å². The Hall–Kier alpha value is -1.09. The van der Waals surface area contributed by atoms with Crippen LogP contribution in [0.25, 0.3) is 0 Å². The predicted octanol–water partition coefficient (Wildman–Crippen LogP) is 2.48. The van der Waals surface area contributed by atoms with Gasteiger partial charge >= 0.3 is 5.97 Å². The molecule has 0 aromatic heterocycles. The molecular weight excluding hydrogens is 195 g/mol. The zero-order valence-electron chi connectivity index (χ0n) is 6.71. The molecule has 1 aromatic rings. The zero-order chi connectivity index (χ0) is 9.84. The van der Waals surface area contributed by atoms with E-state index >= 15 is 0 Å². The van der Waals surface area contributed by atoms with E-state index in [0.29, 0.717) is 5.56 Å². The number of benzene rings is 1. The van der Waals surface area contributed by atoms with Crippen LogP contribution < -0.4 is 0 Å². The summed E-state index contributed by atoms with van der Waals surface area (Å²) in [5.41, 5.74) is 0.319. The standard InChI is InChI=1S/C9H8ClFO2/c10-8-4-2-1-3-6(8)7(5-11)9(12)13/h1-4,7H,5H2,(H,12,13). The fourth-order valence-corrected chi connectivity index (χ4v) is 1.31. The molecule has 1 rings (SSSR count). The molecule has 13 heavy (non-hydrogen) atoms. The number of carbonyl (C=O) groups is 1. The Balaban J connectivity index is 3.04. The minimum absolute atomic E-state index is 0.285. The minimum Gasteiger partial charge on any atom is -0.481 e. The van der Waals surface area contributed by atoms with E-state index in [1.165, 1.54) is 6.07 Å². The molecule has 0 heterocycles. The monoisotopic (exact) mass is 202 g/mol. The number of carboxylic acid groups (broad SMARTS) is 1. The fourth-order valence-electron chi connectivity index (χ4n) is 1.04. The average Bonchev–Trinajstić information content (AvgIpc) is 2.09. The van der Waals surface area contributed by atoms with Crippen LogP contribution in [0.4, 0.5) is 4.39 Å². The average molecular weight is 203 g/mol. The lowest BCUT2D eigenvalue weighted by Gasteiger charge is -2.09. The van der Waals surface area contributed by atoms with Gasteiger partial charge < -0.3 is 5.11 Å². The van der Waals surface area contributed by atoms with Crippen LogP contribution in [0.15, 0.2) is 24.3 Å². The van der Waals surface area contributed by atoms with Crippen LogP contribution >= 0.6 is 11.6 Å². The summed E-state index contributed by atoms with van der Waals surface area (Å²) in [5.74, 6) is -2.36. The van der Waals surface area contributed by atoms with Crippen molar-refractivity contribution in [3.05, 3.63) is 34.9 Å². The second kappa shape index (κ2) is 4.23. The topological polar surface area (TPSA) is 37.3 Å². The van der Waals surface area contributed by atoms with E-state index in [9.17, 15) is 9.18 Å². The molecule has 70 valence electrons. The van der Waals surface area contributed by atoms with Crippen LogP contribution in [0.1, 0.15) is 11.5 Å². The van der Waals surface area contributed by atoms with Gasteiger partial charge in [-0.1, -0.05) is 29.8 Å². The Morgan fingerprint density at radius 2 is 2.15 bits per heavy atom. The lowest BCUT2D eigenvalue weighted by molar-refractivity contribution is -0.139. The molecule has 0 saturated carbocycles. The number of rotatable bonds is 3. The van der Waals surface area contributed by atoms with Crippen molar-refractivity contribution in [3.8, 4) is 0 Å². The predicted molar refractivity (Wildman–Crippen MR) is 47.8 cm³/mol. The van der Waals surface area contributed by atoms with Gasteiger partial charge in [-0.25, -0.2) is 4.39 Å². The molecular formula is C9H8ClFO2. The first-order valence-electron chi connectivity index (χ1n) is 3.70. The molecule has 0 aliphatic carbocycles. The lowest BCUT2D eigenvalue weighted by atomic mass is 10.0. The van der Waals surface area contributed by atoms with Gasteiger partial charge in [0.25, 0.3) is 0 Å². The highest BCUT2D eigenvalue weighted by Crippen LogP contribution is 2.24. The fraction of sp³-hybridized carbons (Fsp3) is 0.222. The number of aliphatic carboxylic acids is 1. The molecule has 0 aliphatic heterocycles. The third-order valence-corrected chi connectivity index (χ3v) is 2.08. The van der Waals surface area contributed by atoms with E-state index in [0.717, 1.165) is 0 Å². The number of halogens is 2. The second-order valence-electron chi connectivity index (χ2n) is 2.57. The van der Waals surface area contributed by atoms with Crippen molar-refractivity contribution in [1.29, 1.82) is 0 Å².